The van der Waals surface area contributed by atoms with Crippen molar-refractivity contribution in [3.8, 4) is 0 Å². The zero-order valence-electron chi connectivity index (χ0n) is 5.15. The Labute approximate surface area is 74.3 Å². The molecule has 4 heteroatoms. The Bertz CT molecular complexity index is 178. The van der Waals surface area contributed by atoms with Gasteiger partial charge in [0.25, 0.3) is 0 Å². The average Bonchev–Trinajstić information content (AvgIpc) is 2.71. The Hall–Kier alpha value is 0.830. The van der Waals surface area contributed by atoms with Gasteiger partial charge in [-0.3, -0.25) is 0 Å². The molecular weight excluding hydrogens is 194 g/mol. The summed E-state index contributed by atoms with van der Waals surface area (Å²) in [6.07, 6.45) is 2.00. The molecule has 2 fully saturated rings. The molecule has 1 N–H and O–H groups in total. The van der Waals surface area contributed by atoms with Crippen LogP contribution in [0.5, 0.6) is 0 Å². The molecule has 0 radical (unpaired) electrons. The summed E-state index contributed by atoms with van der Waals surface area (Å²) in [5.74, 6) is 0.241. The molecule has 0 saturated heterocycles. The Morgan fingerprint density at radius 2 is 1.70 bits per heavy atom. The third kappa shape index (κ3) is 0.651. The van der Waals surface area contributed by atoms with E-state index in [1.54, 1.807) is 0 Å². The van der Waals surface area contributed by atoms with Crippen molar-refractivity contribution < 1.29 is 5.11 Å². The number of hydrogen-bond donors (Lipinski definition) is 1. The minimum Gasteiger partial charge on any atom is -0.385 e. The summed E-state index contributed by atoms with van der Waals surface area (Å²) in [6, 6.07) is 0. The summed E-state index contributed by atoms with van der Waals surface area (Å²) in [5.41, 5.74) is -0.988. The van der Waals surface area contributed by atoms with Crippen LogP contribution in [0.1, 0.15) is 12.8 Å². The second-order valence-corrected chi connectivity index (χ2v) is 4.91. The molecule has 0 amide bonds. The number of hydrogen-bond acceptors (Lipinski definition) is 1. The summed E-state index contributed by atoms with van der Waals surface area (Å²) in [7, 11) is 0. The first kappa shape index (κ1) is 7.48. The van der Waals surface area contributed by atoms with E-state index in [0.717, 1.165) is 12.8 Å². The first-order valence-electron chi connectivity index (χ1n) is 3.25. The highest BCUT2D eigenvalue weighted by Crippen LogP contribution is 2.68. The standard InChI is InChI=1S/C6H7Cl3O/c7-4-5(10,3-1-2-3)6(4,8)9/h3-4,10H,1-2H2. The molecule has 0 aromatic carbocycles. The van der Waals surface area contributed by atoms with Crippen molar-refractivity contribution in [1.29, 1.82) is 0 Å². The maximum atomic E-state index is 9.67. The lowest BCUT2D eigenvalue weighted by Crippen LogP contribution is -2.19. The van der Waals surface area contributed by atoms with Gasteiger partial charge in [-0.1, -0.05) is 23.2 Å². The molecule has 58 valence electrons. The van der Waals surface area contributed by atoms with Crippen LogP contribution in [0.15, 0.2) is 0 Å². The summed E-state index contributed by atoms with van der Waals surface area (Å²) >= 11 is 17.1. The van der Waals surface area contributed by atoms with Crippen molar-refractivity contribution in [3.63, 3.8) is 0 Å². The first-order valence-corrected chi connectivity index (χ1v) is 4.44. The molecule has 0 spiro atoms. The minimum atomic E-state index is -1.09. The van der Waals surface area contributed by atoms with Crippen LogP contribution in [0.3, 0.4) is 0 Å². The molecule has 0 aromatic rings. The topological polar surface area (TPSA) is 20.2 Å². The maximum Gasteiger partial charge on any atom is 0.167 e. The molecule has 2 aliphatic carbocycles. The molecule has 2 aliphatic rings. The molecule has 10 heavy (non-hydrogen) atoms. The van der Waals surface area contributed by atoms with Crippen LogP contribution >= 0.6 is 34.8 Å². The third-order valence-corrected chi connectivity index (χ3v) is 4.28. The Kier molecular flexibility index (Phi) is 1.32. The highest BCUT2D eigenvalue weighted by atomic mass is 35.5. The summed E-state index contributed by atoms with van der Waals surface area (Å²) in [5, 5.41) is 9.19. The number of alkyl halides is 3. The fourth-order valence-electron chi connectivity index (χ4n) is 1.37. The third-order valence-electron chi connectivity index (χ3n) is 2.36. The van der Waals surface area contributed by atoms with Crippen molar-refractivity contribution in [1.82, 2.24) is 0 Å². The van der Waals surface area contributed by atoms with Crippen LogP contribution < -0.4 is 0 Å². The van der Waals surface area contributed by atoms with Crippen LogP contribution in [0, 0.1) is 5.92 Å². The molecular formula is C6H7Cl3O. The highest BCUT2D eigenvalue weighted by molar-refractivity contribution is 6.58. The van der Waals surface area contributed by atoms with Crippen molar-refractivity contribution in [3.05, 3.63) is 0 Å². The van der Waals surface area contributed by atoms with E-state index >= 15 is 0 Å². The van der Waals surface area contributed by atoms with Gasteiger partial charge in [-0.15, -0.1) is 11.6 Å². The highest BCUT2D eigenvalue weighted by Gasteiger charge is 2.80. The maximum absolute atomic E-state index is 9.67. The van der Waals surface area contributed by atoms with Gasteiger partial charge < -0.3 is 5.11 Å². The van der Waals surface area contributed by atoms with Crippen molar-refractivity contribution >= 4 is 34.8 Å². The van der Waals surface area contributed by atoms with Crippen LogP contribution in [-0.4, -0.2) is 20.4 Å². The Balaban J connectivity index is 2.19. The molecule has 0 heterocycles. The monoisotopic (exact) mass is 200 g/mol. The molecule has 2 saturated carbocycles. The van der Waals surface area contributed by atoms with Gasteiger partial charge in [0.15, 0.2) is 4.33 Å². The van der Waals surface area contributed by atoms with Gasteiger partial charge in [-0.25, -0.2) is 0 Å². The lowest BCUT2D eigenvalue weighted by Gasteiger charge is -2.06. The van der Waals surface area contributed by atoms with E-state index in [2.05, 4.69) is 0 Å². The predicted molar refractivity (Wildman–Crippen MR) is 41.8 cm³/mol. The van der Waals surface area contributed by atoms with Crippen molar-refractivity contribution in [2.45, 2.75) is 28.2 Å². The van der Waals surface area contributed by atoms with Gasteiger partial charge in [-0.2, -0.15) is 0 Å². The molecule has 0 bridgehead atoms. The second-order valence-electron chi connectivity index (χ2n) is 3.09. The van der Waals surface area contributed by atoms with Gasteiger partial charge >= 0.3 is 0 Å². The lowest BCUT2D eigenvalue weighted by atomic mass is 10.2. The van der Waals surface area contributed by atoms with Gasteiger partial charge in [0.05, 0.1) is 0 Å². The van der Waals surface area contributed by atoms with Crippen molar-refractivity contribution in [2.75, 3.05) is 0 Å². The smallest absolute Gasteiger partial charge is 0.167 e. The van der Waals surface area contributed by atoms with Crippen LogP contribution in [0.4, 0.5) is 0 Å². The van der Waals surface area contributed by atoms with Gasteiger partial charge in [-0.05, 0) is 18.8 Å². The van der Waals surface area contributed by atoms with Gasteiger partial charge in [0.2, 0.25) is 0 Å². The summed E-state index contributed by atoms with van der Waals surface area (Å²) in [4.78, 5) is 0. The van der Waals surface area contributed by atoms with E-state index in [-0.39, 0.29) is 5.92 Å². The van der Waals surface area contributed by atoms with Gasteiger partial charge in [0, 0.05) is 0 Å². The molecule has 1 nitrogen and oxygen atoms in total. The number of halogens is 3. The van der Waals surface area contributed by atoms with E-state index < -0.39 is 15.3 Å². The first-order chi connectivity index (χ1) is 4.51. The van der Waals surface area contributed by atoms with E-state index in [9.17, 15) is 5.11 Å². The molecule has 0 aromatic heterocycles. The average molecular weight is 201 g/mol. The minimum absolute atomic E-state index is 0.241. The van der Waals surface area contributed by atoms with Crippen LogP contribution in [0.25, 0.3) is 0 Å². The van der Waals surface area contributed by atoms with E-state index in [1.807, 2.05) is 0 Å². The van der Waals surface area contributed by atoms with E-state index in [4.69, 9.17) is 34.8 Å². The Morgan fingerprint density at radius 1 is 1.30 bits per heavy atom. The molecule has 2 atom stereocenters. The predicted octanol–water partition coefficient (Wildman–Crippen LogP) is 1.92. The number of rotatable bonds is 1. The second kappa shape index (κ2) is 1.77. The molecule has 2 rings (SSSR count). The Morgan fingerprint density at radius 3 is 1.80 bits per heavy atom. The lowest BCUT2D eigenvalue weighted by molar-refractivity contribution is 0.124. The van der Waals surface area contributed by atoms with Crippen LogP contribution in [0.2, 0.25) is 0 Å². The van der Waals surface area contributed by atoms with Crippen molar-refractivity contribution in [2.24, 2.45) is 5.92 Å². The molecule has 0 aliphatic heterocycles. The van der Waals surface area contributed by atoms with E-state index in [1.165, 1.54) is 0 Å². The fourth-order valence-corrected chi connectivity index (χ4v) is 2.70. The molecule has 2 unspecified atom stereocenters. The normalized spacial score (nSPS) is 51.0. The zero-order valence-corrected chi connectivity index (χ0v) is 7.42. The van der Waals surface area contributed by atoms with E-state index in [0.29, 0.717) is 0 Å². The largest absolute Gasteiger partial charge is 0.385 e. The van der Waals surface area contributed by atoms with Gasteiger partial charge in [0.1, 0.15) is 11.0 Å². The summed E-state index contributed by atoms with van der Waals surface area (Å²) < 4.78 is -1.09. The zero-order chi connectivity index (χ0) is 7.57. The quantitative estimate of drug-likeness (QED) is 0.643. The summed E-state index contributed by atoms with van der Waals surface area (Å²) in [6.45, 7) is 0. The SMILES string of the molecule is OC1(C2CC2)C(Cl)C1(Cl)Cl. The number of aliphatic hydroxyl groups is 1. The van der Waals surface area contributed by atoms with Crippen LogP contribution in [-0.2, 0) is 0 Å². The fraction of sp³-hybridized carbons (Fsp3) is 1.00.